The molecule has 1 amide bonds. The van der Waals surface area contributed by atoms with Crippen molar-refractivity contribution in [1.82, 2.24) is 29.8 Å². The van der Waals surface area contributed by atoms with Crippen LogP contribution in [-0.2, 0) is 4.79 Å². The summed E-state index contributed by atoms with van der Waals surface area (Å²) in [4.78, 5) is 27.8. The average molecular weight is 409 g/mol. The largest absolute Gasteiger partial charge is 0.385 e. The number of rotatable bonds is 5. The predicted molar refractivity (Wildman–Crippen MR) is 115 cm³/mol. The van der Waals surface area contributed by atoms with Gasteiger partial charge in [0.1, 0.15) is 11.9 Å². The third-order valence-electron chi connectivity index (χ3n) is 5.71. The maximum Gasteiger partial charge on any atom is 0.217 e. The Morgan fingerprint density at radius 3 is 2.73 bits per heavy atom. The number of nitrogens with one attached hydrogen (secondary N) is 2. The van der Waals surface area contributed by atoms with Gasteiger partial charge >= 0.3 is 0 Å². The lowest BCUT2D eigenvalue weighted by molar-refractivity contribution is -0.121. The zero-order valence-electron chi connectivity index (χ0n) is 17.7. The number of aliphatic hydroxyl groups excluding tert-OH is 1. The van der Waals surface area contributed by atoms with Gasteiger partial charge in [-0.15, -0.1) is 12.8 Å². The number of imidazole rings is 2. The molecule has 3 aromatic heterocycles. The van der Waals surface area contributed by atoms with Crippen LogP contribution in [0.2, 0.25) is 0 Å². The highest BCUT2D eigenvalue weighted by Crippen LogP contribution is 2.41. The van der Waals surface area contributed by atoms with Gasteiger partial charge in [0.2, 0.25) is 5.91 Å². The van der Waals surface area contributed by atoms with Crippen LogP contribution in [0.5, 0.6) is 0 Å². The summed E-state index contributed by atoms with van der Waals surface area (Å²) in [5.74, 6) is 0.955. The summed E-state index contributed by atoms with van der Waals surface area (Å²) in [6.45, 7) is 7.62. The molecule has 8 nitrogen and oxygen atoms in total. The van der Waals surface area contributed by atoms with E-state index >= 15 is 0 Å². The first-order chi connectivity index (χ1) is 14.3. The van der Waals surface area contributed by atoms with Crippen LogP contribution in [0.4, 0.5) is 0 Å². The van der Waals surface area contributed by atoms with Crippen molar-refractivity contribution in [2.45, 2.75) is 52.3 Å². The number of aromatic nitrogens is 5. The highest BCUT2D eigenvalue weighted by molar-refractivity contribution is 5.76. The summed E-state index contributed by atoms with van der Waals surface area (Å²) in [7, 11) is 0. The van der Waals surface area contributed by atoms with E-state index in [1.54, 1.807) is 19.4 Å². The summed E-state index contributed by atoms with van der Waals surface area (Å²) in [5, 5.41) is 13.8. The lowest BCUT2D eigenvalue weighted by Crippen LogP contribution is -2.51. The first-order valence-corrected chi connectivity index (χ1v) is 10.0. The fourth-order valence-corrected chi connectivity index (χ4v) is 3.88. The molecule has 158 valence electrons. The van der Waals surface area contributed by atoms with E-state index in [1.807, 2.05) is 26.1 Å². The van der Waals surface area contributed by atoms with Crippen LogP contribution in [0.15, 0.2) is 24.8 Å². The van der Waals surface area contributed by atoms with Gasteiger partial charge in [-0.25, -0.2) is 15.0 Å². The van der Waals surface area contributed by atoms with Crippen LogP contribution >= 0.6 is 0 Å². The molecule has 3 heterocycles. The number of pyridine rings is 1. The summed E-state index contributed by atoms with van der Waals surface area (Å²) >= 11 is 0. The Bertz CT molecular complexity index is 1050. The second kappa shape index (κ2) is 8.67. The predicted octanol–water partition coefficient (Wildman–Crippen LogP) is 2.85. The minimum Gasteiger partial charge on any atom is -0.385 e. The molecule has 1 aliphatic rings. The summed E-state index contributed by atoms with van der Waals surface area (Å²) < 4.78 is 2.08. The minimum absolute atomic E-state index is 0.0111. The molecule has 0 bridgehead atoms. The van der Waals surface area contributed by atoms with E-state index in [9.17, 15) is 9.90 Å². The number of hydrogen-bond donors (Lipinski definition) is 3. The molecule has 4 rings (SSSR count). The van der Waals surface area contributed by atoms with Crippen molar-refractivity contribution in [3.05, 3.63) is 30.6 Å². The van der Waals surface area contributed by atoms with Gasteiger partial charge in [0.05, 0.1) is 17.5 Å². The van der Waals surface area contributed by atoms with Gasteiger partial charge in [0.25, 0.3) is 0 Å². The minimum atomic E-state index is -0.662. The highest BCUT2D eigenvalue weighted by atomic mass is 16.3. The van der Waals surface area contributed by atoms with E-state index in [0.29, 0.717) is 11.5 Å². The Morgan fingerprint density at radius 1 is 1.37 bits per heavy atom. The van der Waals surface area contributed by atoms with Crippen LogP contribution in [0.3, 0.4) is 0 Å². The molecule has 4 unspecified atom stereocenters. The first kappa shape index (κ1) is 21.5. The number of amides is 1. The van der Waals surface area contributed by atoms with E-state index in [-0.39, 0.29) is 29.8 Å². The maximum atomic E-state index is 11.4. The Hall–Kier alpha value is -3.18. The summed E-state index contributed by atoms with van der Waals surface area (Å²) in [6, 6.07) is 2.31. The van der Waals surface area contributed by atoms with Crippen LogP contribution < -0.4 is 5.32 Å². The zero-order valence-corrected chi connectivity index (χ0v) is 17.7. The molecule has 0 aliphatic heterocycles. The fraction of sp³-hybridized carbons (Fsp3) is 0.455. The van der Waals surface area contributed by atoms with E-state index in [4.69, 9.17) is 4.98 Å². The molecule has 4 atom stereocenters. The number of aliphatic hydroxyl groups is 1. The second-order valence-electron chi connectivity index (χ2n) is 8.05. The number of aromatic amines is 1. The van der Waals surface area contributed by atoms with Crippen molar-refractivity contribution >= 4 is 17.1 Å². The lowest BCUT2D eigenvalue weighted by atomic mass is 9.75. The third kappa shape index (κ3) is 3.94. The second-order valence-corrected chi connectivity index (χ2v) is 8.05. The number of terminal acetylenes is 1. The van der Waals surface area contributed by atoms with Crippen LogP contribution in [0.25, 0.3) is 22.4 Å². The Balaban J connectivity index is 0.00000124. The summed E-state index contributed by atoms with van der Waals surface area (Å²) in [6.07, 6.45) is 13.5. The maximum absolute atomic E-state index is 11.4. The number of nitrogens with zero attached hydrogens (tertiary/aromatic N) is 4. The van der Waals surface area contributed by atoms with Crippen molar-refractivity contribution in [3.63, 3.8) is 0 Å². The van der Waals surface area contributed by atoms with Gasteiger partial charge in [0.15, 0.2) is 5.65 Å². The monoisotopic (exact) mass is 408 g/mol. The van der Waals surface area contributed by atoms with Crippen LogP contribution in [0.1, 0.15) is 52.1 Å². The standard InChI is InChI=1S/C20H26N6O2.C2H2/c1-10(2)18(28)20-25-16(13-5-15-19(21-7-13)23-9-22-15)8-26(20)17-6-14(11(17)3)24-12(4)27;1-2/h5,7-11,14,17-18,28H,6H2,1-4H3,(H,24,27)(H,21,22,23);1-2H. The molecule has 1 saturated carbocycles. The Labute approximate surface area is 176 Å². The van der Waals surface area contributed by atoms with Crippen LogP contribution in [0, 0.1) is 24.7 Å². The molecular formula is C22H28N6O2. The molecule has 30 heavy (non-hydrogen) atoms. The van der Waals surface area contributed by atoms with Gasteiger partial charge in [-0.05, 0) is 24.3 Å². The third-order valence-corrected chi connectivity index (χ3v) is 5.71. The SMILES string of the molecule is C#C.CC(=O)NC1CC(n2cc(-c3cnc4nc[nH]c4c3)nc2C(O)C(C)C)C1C. The lowest BCUT2D eigenvalue weighted by Gasteiger charge is -2.44. The van der Waals surface area contributed by atoms with E-state index in [0.717, 1.165) is 23.2 Å². The number of carbonyl (C=O) groups is 1. The summed E-state index contributed by atoms with van der Waals surface area (Å²) in [5.41, 5.74) is 3.16. The van der Waals surface area contributed by atoms with Crippen LogP contribution in [-0.4, -0.2) is 41.6 Å². The van der Waals surface area contributed by atoms with Crippen molar-refractivity contribution in [1.29, 1.82) is 0 Å². The Morgan fingerprint density at radius 2 is 2.10 bits per heavy atom. The molecule has 1 fully saturated rings. The molecule has 0 saturated heterocycles. The molecular weight excluding hydrogens is 380 g/mol. The molecule has 3 aromatic rings. The van der Waals surface area contributed by atoms with E-state index in [2.05, 4.69) is 44.6 Å². The van der Waals surface area contributed by atoms with Gasteiger partial charge in [-0.1, -0.05) is 20.8 Å². The molecule has 0 radical (unpaired) electrons. The molecule has 0 spiro atoms. The molecule has 0 aromatic carbocycles. The van der Waals surface area contributed by atoms with Gasteiger partial charge < -0.3 is 20.0 Å². The van der Waals surface area contributed by atoms with E-state index in [1.165, 1.54) is 0 Å². The van der Waals surface area contributed by atoms with Gasteiger partial charge in [-0.3, -0.25) is 4.79 Å². The number of carbonyl (C=O) groups excluding carboxylic acids is 1. The average Bonchev–Trinajstić information content (AvgIpc) is 3.37. The zero-order chi connectivity index (χ0) is 22.0. The first-order valence-electron chi connectivity index (χ1n) is 10.0. The normalized spacial score (nSPS) is 21.5. The van der Waals surface area contributed by atoms with Crippen molar-refractivity contribution in [2.24, 2.45) is 11.8 Å². The van der Waals surface area contributed by atoms with Crippen molar-refractivity contribution in [2.75, 3.05) is 0 Å². The van der Waals surface area contributed by atoms with Crippen molar-refractivity contribution < 1.29 is 9.90 Å². The quantitative estimate of drug-likeness (QED) is 0.563. The smallest absolute Gasteiger partial charge is 0.217 e. The number of fused-ring (bicyclic) bond motifs is 1. The number of hydrogen-bond acceptors (Lipinski definition) is 5. The molecule has 8 heteroatoms. The topological polar surface area (TPSA) is 109 Å². The van der Waals surface area contributed by atoms with Gasteiger partial charge in [0, 0.05) is 37.0 Å². The Kier molecular flexibility index (Phi) is 6.22. The highest BCUT2D eigenvalue weighted by Gasteiger charge is 2.41. The fourth-order valence-electron chi connectivity index (χ4n) is 3.88. The van der Waals surface area contributed by atoms with Gasteiger partial charge in [-0.2, -0.15) is 0 Å². The number of H-pyrrole nitrogens is 1. The molecule has 1 aliphatic carbocycles. The molecule has 3 N–H and O–H groups in total. The van der Waals surface area contributed by atoms with E-state index < -0.39 is 6.10 Å². The van der Waals surface area contributed by atoms with Crippen molar-refractivity contribution in [3.8, 4) is 24.1 Å².